The molecule has 0 unspecified atom stereocenters. The van der Waals surface area contributed by atoms with E-state index in [2.05, 4.69) is 4.74 Å². The van der Waals surface area contributed by atoms with E-state index in [1.807, 2.05) is 24.3 Å². The highest BCUT2D eigenvalue weighted by atomic mass is 16.6. The van der Waals surface area contributed by atoms with Crippen molar-refractivity contribution in [2.75, 3.05) is 7.11 Å². The maximum absolute atomic E-state index is 11.0. The molecule has 0 N–H and O–H groups in total. The SMILES string of the molecule is CO[13C](=O)[13CH]1C=CC=CC=C1. The van der Waals surface area contributed by atoms with E-state index < -0.39 is 0 Å². The summed E-state index contributed by atoms with van der Waals surface area (Å²) < 4.78 is 4.58. The standard InChI is InChI=1S/C9H10O2/c1-11-9(10)8-6-4-2-3-5-7-8/h2-8H,1H3/i8+1,9+1. The number of hydrogen-bond donors (Lipinski definition) is 0. The molecule has 0 bridgehead atoms. The molecule has 0 fully saturated rings. The van der Waals surface area contributed by atoms with Gasteiger partial charge in [0.2, 0.25) is 0 Å². The van der Waals surface area contributed by atoms with Crippen LogP contribution >= 0.6 is 0 Å². The van der Waals surface area contributed by atoms with Crippen molar-refractivity contribution in [1.29, 1.82) is 0 Å². The van der Waals surface area contributed by atoms with Gasteiger partial charge in [0.05, 0.1) is 13.0 Å². The van der Waals surface area contributed by atoms with Crippen LogP contribution in [0.4, 0.5) is 0 Å². The molecule has 11 heavy (non-hydrogen) atoms. The van der Waals surface area contributed by atoms with E-state index in [9.17, 15) is 4.79 Å². The third-order valence-electron chi connectivity index (χ3n) is 1.44. The summed E-state index contributed by atoms with van der Waals surface area (Å²) in [5, 5.41) is 0. The molecule has 0 saturated carbocycles. The minimum atomic E-state index is -0.227. The third-order valence-corrected chi connectivity index (χ3v) is 1.44. The van der Waals surface area contributed by atoms with Gasteiger partial charge in [0.15, 0.2) is 0 Å². The Morgan fingerprint density at radius 1 is 1.18 bits per heavy atom. The Bertz CT molecular complexity index is 208. The summed E-state index contributed by atoms with van der Waals surface area (Å²) in [6.07, 6.45) is 11.0. The maximum atomic E-state index is 11.0. The van der Waals surface area contributed by atoms with E-state index in [1.165, 1.54) is 7.11 Å². The van der Waals surface area contributed by atoms with E-state index in [-0.39, 0.29) is 11.9 Å². The summed E-state index contributed by atoms with van der Waals surface area (Å²) in [4.78, 5) is 11.0. The molecule has 0 atom stereocenters. The number of hydrogen-bond acceptors (Lipinski definition) is 2. The minimum Gasteiger partial charge on any atom is -0.468 e. The first-order chi connectivity index (χ1) is 5.34. The second-order valence-electron chi connectivity index (χ2n) is 2.20. The van der Waals surface area contributed by atoms with Crippen molar-refractivity contribution in [1.82, 2.24) is 0 Å². The van der Waals surface area contributed by atoms with Crippen LogP contribution in [-0.4, -0.2) is 13.1 Å². The molecule has 1 rings (SSSR count). The van der Waals surface area contributed by atoms with Gasteiger partial charge in [-0.25, -0.2) is 0 Å². The van der Waals surface area contributed by atoms with Crippen molar-refractivity contribution in [2.24, 2.45) is 5.92 Å². The summed E-state index contributed by atoms with van der Waals surface area (Å²) in [7, 11) is 1.39. The van der Waals surface area contributed by atoms with Gasteiger partial charge < -0.3 is 4.74 Å². The Balaban J connectivity index is 2.67. The lowest BCUT2D eigenvalue weighted by atomic mass is 10.5. The molecule has 0 aromatic heterocycles. The second kappa shape index (κ2) is 3.76. The Labute approximate surface area is 65.9 Å². The Kier molecular flexibility index (Phi) is 2.66. The second-order valence-corrected chi connectivity index (χ2v) is 2.20. The molecule has 0 saturated heterocycles. The van der Waals surface area contributed by atoms with Crippen LogP contribution in [0, 0.1) is 5.92 Å². The molecule has 0 aromatic carbocycles. The predicted molar refractivity (Wildman–Crippen MR) is 42.9 cm³/mol. The lowest BCUT2D eigenvalue weighted by Crippen LogP contribution is -2.10. The quantitative estimate of drug-likeness (QED) is 0.420. The van der Waals surface area contributed by atoms with E-state index >= 15 is 0 Å². The van der Waals surface area contributed by atoms with Gasteiger partial charge in [0, 0.05) is 0 Å². The van der Waals surface area contributed by atoms with Gasteiger partial charge in [-0.2, -0.15) is 0 Å². The Morgan fingerprint density at radius 3 is 2.18 bits per heavy atom. The smallest absolute Gasteiger partial charge is 0.316 e. The van der Waals surface area contributed by atoms with Gasteiger partial charge in [0.25, 0.3) is 0 Å². The zero-order valence-corrected chi connectivity index (χ0v) is 6.36. The third kappa shape index (κ3) is 2.08. The number of rotatable bonds is 1. The molecule has 0 aromatic rings. The van der Waals surface area contributed by atoms with E-state index in [0.29, 0.717) is 0 Å². The summed E-state index contributed by atoms with van der Waals surface area (Å²) in [6, 6.07) is 0. The lowest BCUT2D eigenvalue weighted by molar-refractivity contribution is -0.142. The number of esters is 1. The molecule has 2 heteroatoms. The highest BCUT2D eigenvalue weighted by Gasteiger charge is 2.11. The van der Waals surface area contributed by atoms with Crippen molar-refractivity contribution < 1.29 is 9.53 Å². The maximum Gasteiger partial charge on any atom is 0.316 e. The van der Waals surface area contributed by atoms with Crippen molar-refractivity contribution in [2.45, 2.75) is 0 Å². The Hall–Kier alpha value is -1.31. The number of carbonyl (C=O) groups is 1. The fraction of sp³-hybridized carbons (Fsp3) is 0.222. The van der Waals surface area contributed by atoms with E-state index in [0.717, 1.165) is 0 Å². The molecule has 1 aliphatic carbocycles. The fourth-order valence-electron chi connectivity index (χ4n) is 0.853. The first-order valence-electron chi connectivity index (χ1n) is 3.44. The molecule has 58 valence electrons. The van der Waals surface area contributed by atoms with Gasteiger partial charge in [-0.05, 0) is 0 Å². The van der Waals surface area contributed by atoms with E-state index in [4.69, 9.17) is 0 Å². The number of carbonyl (C=O) groups excluding carboxylic acids is 1. The number of allylic oxidation sites excluding steroid dienone is 4. The van der Waals surface area contributed by atoms with Crippen LogP contribution in [0.2, 0.25) is 0 Å². The first-order valence-corrected chi connectivity index (χ1v) is 3.44. The fourth-order valence-corrected chi connectivity index (χ4v) is 0.853. The van der Waals surface area contributed by atoms with Crippen molar-refractivity contribution >= 4 is 5.97 Å². The monoisotopic (exact) mass is 152 g/mol. The molecule has 0 heterocycles. The Morgan fingerprint density at radius 2 is 1.73 bits per heavy atom. The van der Waals surface area contributed by atoms with Gasteiger partial charge >= 0.3 is 5.97 Å². The van der Waals surface area contributed by atoms with Crippen molar-refractivity contribution in [3.63, 3.8) is 0 Å². The van der Waals surface area contributed by atoms with Crippen molar-refractivity contribution in [3.05, 3.63) is 36.5 Å². The largest absolute Gasteiger partial charge is 0.468 e. The molecule has 0 radical (unpaired) electrons. The lowest BCUT2D eigenvalue weighted by Gasteiger charge is -2.02. The average molecular weight is 152 g/mol. The topological polar surface area (TPSA) is 26.3 Å². The first kappa shape index (κ1) is 7.79. The summed E-state index contributed by atoms with van der Waals surface area (Å²) in [5.74, 6) is -0.448. The van der Waals surface area contributed by atoms with Gasteiger partial charge in [-0.3, -0.25) is 4.79 Å². The summed E-state index contributed by atoms with van der Waals surface area (Å²) in [5.41, 5.74) is 0. The molecule has 1 aliphatic rings. The molecular formula is C9H10O2. The molecule has 2 nitrogen and oxygen atoms in total. The normalized spacial score (nSPS) is 16.5. The van der Waals surface area contributed by atoms with Gasteiger partial charge in [0.1, 0.15) is 0 Å². The van der Waals surface area contributed by atoms with Crippen LogP contribution in [0.5, 0.6) is 0 Å². The van der Waals surface area contributed by atoms with Gasteiger partial charge in [-0.1, -0.05) is 36.5 Å². The zero-order chi connectivity index (χ0) is 8.10. The number of methoxy groups -OCH3 is 1. The van der Waals surface area contributed by atoms with Crippen molar-refractivity contribution in [3.8, 4) is 0 Å². The van der Waals surface area contributed by atoms with E-state index in [1.54, 1.807) is 12.2 Å². The van der Waals surface area contributed by atoms with Crippen LogP contribution in [0.15, 0.2) is 36.5 Å². The van der Waals surface area contributed by atoms with Crippen LogP contribution in [-0.2, 0) is 9.53 Å². The molecule has 0 amide bonds. The van der Waals surface area contributed by atoms with Crippen LogP contribution in [0.3, 0.4) is 0 Å². The highest BCUT2D eigenvalue weighted by Crippen LogP contribution is 2.06. The van der Waals surface area contributed by atoms with Crippen LogP contribution < -0.4 is 0 Å². The average Bonchev–Trinajstić information content (AvgIpc) is 2.30. The minimum absolute atomic E-state index is 0.221. The molecular weight excluding hydrogens is 142 g/mol. The zero-order valence-electron chi connectivity index (χ0n) is 6.36. The number of ether oxygens (including phenoxy) is 1. The summed E-state index contributed by atoms with van der Waals surface area (Å²) in [6.45, 7) is 0. The summed E-state index contributed by atoms with van der Waals surface area (Å²) >= 11 is 0. The van der Waals surface area contributed by atoms with Gasteiger partial charge in [-0.15, -0.1) is 0 Å². The molecule has 0 spiro atoms. The highest BCUT2D eigenvalue weighted by molar-refractivity contribution is 5.76. The van der Waals surface area contributed by atoms with Crippen LogP contribution in [0.1, 0.15) is 0 Å². The molecule has 0 aliphatic heterocycles. The predicted octanol–water partition coefficient (Wildman–Crippen LogP) is 1.46. The van der Waals surface area contributed by atoms with Crippen LogP contribution in [0.25, 0.3) is 0 Å².